The van der Waals surface area contributed by atoms with E-state index < -0.39 is 0 Å². The Morgan fingerprint density at radius 1 is 1.23 bits per heavy atom. The number of aromatic nitrogens is 1. The van der Waals surface area contributed by atoms with E-state index in [-0.39, 0.29) is 17.9 Å². The number of hydrogen-bond donors (Lipinski definition) is 2. The molecule has 1 aromatic carbocycles. The van der Waals surface area contributed by atoms with Gasteiger partial charge in [-0.25, -0.2) is 4.98 Å². The summed E-state index contributed by atoms with van der Waals surface area (Å²) in [6, 6.07) is 8.46. The molecule has 1 aromatic heterocycles. The first-order valence-electron chi connectivity index (χ1n) is 9.09. The maximum absolute atomic E-state index is 11.8. The van der Waals surface area contributed by atoms with Crippen molar-refractivity contribution in [3.63, 3.8) is 0 Å². The highest BCUT2D eigenvalue weighted by atomic mass is 32.1. The summed E-state index contributed by atoms with van der Waals surface area (Å²) in [5.74, 6) is 0.0327. The van der Waals surface area contributed by atoms with Crippen molar-refractivity contribution in [2.75, 3.05) is 5.32 Å². The Balaban J connectivity index is 1.90. The van der Waals surface area contributed by atoms with E-state index >= 15 is 0 Å². The molecule has 1 atom stereocenters. The van der Waals surface area contributed by atoms with E-state index in [1.807, 2.05) is 12.3 Å². The number of hydrogen-bond acceptors (Lipinski definition) is 4. The van der Waals surface area contributed by atoms with Gasteiger partial charge in [0.25, 0.3) is 0 Å². The van der Waals surface area contributed by atoms with Gasteiger partial charge in [0.2, 0.25) is 11.8 Å². The molecule has 0 aliphatic rings. The minimum Gasteiger partial charge on any atom is -0.354 e. The molecule has 140 valence electrons. The van der Waals surface area contributed by atoms with Gasteiger partial charge < -0.3 is 10.6 Å². The Labute approximate surface area is 159 Å². The zero-order chi connectivity index (χ0) is 18.9. The van der Waals surface area contributed by atoms with Crippen LogP contribution in [0.3, 0.4) is 0 Å². The van der Waals surface area contributed by atoms with E-state index in [4.69, 9.17) is 0 Å². The highest BCUT2D eigenvalue weighted by Crippen LogP contribution is 2.25. The SMILES string of the molecule is CCCCC(=O)Nc1nc(-c2ccc(CC[C@H](C)NC(C)=O)cc2)cs1. The quantitative estimate of drug-likeness (QED) is 0.684. The highest BCUT2D eigenvalue weighted by molar-refractivity contribution is 7.14. The summed E-state index contributed by atoms with van der Waals surface area (Å²) in [7, 11) is 0. The first-order valence-corrected chi connectivity index (χ1v) is 9.97. The molecule has 2 amide bonds. The fourth-order valence-corrected chi connectivity index (χ4v) is 3.36. The summed E-state index contributed by atoms with van der Waals surface area (Å²) >= 11 is 1.45. The average molecular weight is 374 g/mol. The fourth-order valence-electron chi connectivity index (χ4n) is 2.63. The van der Waals surface area contributed by atoms with Gasteiger partial charge in [0, 0.05) is 30.3 Å². The summed E-state index contributed by atoms with van der Waals surface area (Å²) in [6.45, 7) is 5.62. The summed E-state index contributed by atoms with van der Waals surface area (Å²) in [5.41, 5.74) is 3.14. The molecule has 0 bridgehead atoms. The molecule has 0 fully saturated rings. The predicted molar refractivity (Wildman–Crippen MR) is 107 cm³/mol. The Morgan fingerprint density at radius 2 is 1.96 bits per heavy atom. The molecule has 6 heteroatoms. The Hall–Kier alpha value is -2.21. The Bertz CT molecular complexity index is 725. The van der Waals surface area contributed by atoms with Crippen LogP contribution in [0, 0.1) is 0 Å². The molecule has 5 nitrogen and oxygen atoms in total. The number of aryl methyl sites for hydroxylation is 1. The van der Waals surface area contributed by atoms with Gasteiger partial charge in [-0.3, -0.25) is 9.59 Å². The number of rotatable bonds is 9. The average Bonchev–Trinajstić information content (AvgIpc) is 3.06. The molecule has 0 saturated heterocycles. The maximum atomic E-state index is 11.8. The lowest BCUT2D eigenvalue weighted by atomic mass is 10.0. The van der Waals surface area contributed by atoms with Crippen molar-refractivity contribution in [1.82, 2.24) is 10.3 Å². The molecule has 0 aliphatic carbocycles. The third kappa shape index (κ3) is 6.59. The van der Waals surface area contributed by atoms with Crippen molar-refractivity contribution in [3.05, 3.63) is 35.2 Å². The number of thiazole rings is 1. The van der Waals surface area contributed by atoms with Gasteiger partial charge in [0.1, 0.15) is 0 Å². The zero-order valence-electron chi connectivity index (χ0n) is 15.7. The number of nitrogens with one attached hydrogen (secondary N) is 2. The molecule has 0 radical (unpaired) electrons. The van der Waals surface area contributed by atoms with Gasteiger partial charge in [0.15, 0.2) is 5.13 Å². The minimum absolute atomic E-state index is 0.00831. The molecule has 2 rings (SSSR count). The van der Waals surface area contributed by atoms with E-state index in [0.717, 1.165) is 36.9 Å². The maximum Gasteiger partial charge on any atom is 0.226 e. The molecule has 0 spiro atoms. The Morgan fingerprint density at radius 3 is 2.62 bits per heavy atom. The van der Waals surface area contributed by atoms with Crippen LogP contribution in [0.4, 0.5) is 5.13 Å². The second kappa shape index (κ2) is 10.1. The normalized spacial score (nSPS) is 11.8. The largest absolute Gasteiger partial charge is 0.354 e. The standard InChI is InChI=1S/C20H27N3O2S/c1-4-5-6-19(25)23-20-22-18(13-26-20)17-11-9-16(10-12-17)8-7-14(2)21-15(3)24/h9-14H,4-8H2,1-3H3,(H,21,24)(H,22,23,25)/t14-/m0/s1. The van der Waals surface area contributed by atoms with E-state index in [2.05, 4.69) is 46.8 Å². The van der Waals surface area contributed by atoms with Gasteiger partial charge >= 0.3 is 0 Å². The van der Waals surface area contributed by atoms with Crippen LogP contribution in [0.15, 0.2) is 29.6 Å². The van der Waals surface area contributed by atoms with Crippen LogP contribution in [0.5, 0.6) is 0 Å². The van der Waals surface area contributed by atoms with Gasteiger partial charge in [-0.05, 0) is 31.7 Å². The number of unbranched alkanes of at least 4 members (excludes halogenated alkanes) is 1. The summed E-state index contributed by atoms with van der Waals surface area (Å²) in [4.78, 5) is 27.3. The van der Waals surface area contributed by atoms with Crippen molar-refractivity contribution in [2.45, 2.75) is 58.9 Å². The van der Waals surface area contributed by atoms with Gasteiger partial charge in [-0.2, -0.15) is 0 Å². The smallest absolute Gasteiger partial charge is 0.226 e. The topological polar surface area (TPSA) is 71.1 Å². The first-order chi connectivity index (χ1) is 12.5. The van der Waals surface area contributed by atoms with Crippen molar-refractivity contribution in [3.8, 4) is 11.3 Å². The van der Waals surface area contributed by atoms with Crippen molar-refractivity contribution in [1.29, 1.82) is 0 Å². The number of carbonyl (C=O) groups excluding carboxylic acids is 2. The fraction of sp³-hybridized carbons (Fsp3) is 0.450. The lowest BCUT2D eigenvalue weighted by Crippen LogP contribution is -2.30. The van der Waals surface area contributed by atoms with E-state index in [0.29, 0.717) is 11.6 Å². The zero-order valence-corrected chi connectivity index (χ0v) is 16.5. The molecule has 1 heterocycles. The predicted octanol–water partition coefficient (Wildman–Crippen LogP) is 4.40. The Kier molecular flexibility index (Phi) is 7.78. The first kappa shape index (κ1) is 20.1. The third-order valence-corrected chi connectivity index (χ3v) is 4.83. The molecule has 0 saturated carbocycles. The van der Waals surface area contributed by atoms with Crippen molar-refractivity contribution >= 4 is 28.3 Å². The molecule has 2 N–H and O–H groups in total. The van der Waals surface area contributed by atoms with Crippen LogP contribution in [-0.2, 0) is 16.0 Å². The molecule has 26 heavy (non-hydrogen) atoms. The van der Waals surface area contributed by atoms with E-state index in [1.54, 1.807) is 6.92 Å². The monoisotopic (exact) mass is 373 g/mol. The van der Waals surface area contributed by atoms with Gasteiger partial charge in [0.05, 0.1) is 5.69 Å². The number of amides is 2. The molecular formula is C20H27N3O2S. The number of carbonyl (C=O) groups is 2. The number of nitrogens with zero attached hydrogens (tertiary/aromatic N) is 1. The second-order valence-corrected chi connectivity index (χ2v) is 7.38. The summed E-state index contributed by atoms with van der Waals surface area (Å²) < 4.78 is 0. The summed E-state index contributed by atoms with van der Waals surface area (Å²) in [6.07, 6.45) is 4.26. The summed E-state index contributed by atoms with van der Waals surface area (Å²) in [5, 5.41) is 8.37. The van der Waals surface area contributed by atoms with Crippen LogP contribution in [0.2, 0.25) is 0 Å². The molecule has 0 unspecified atom stereocenters. The van der Waals surface area contributed by atoms with Gasteiger partial charge in [-0.15, -0.1) is 11.3 Å². The van der Waals surface area contributed by atoms with Crippen LogP contribution in [0.1, 0.15) is 52.0 Å². The lowest BCUT2D eigenvalue weighted by molar-refractivity contribution is -0.119. The van der Waals surface area contributed by atoms with Crippen LogP contribution in [-0.4, -0.2) is 22.8 Å². The van der Waals surface area contributed by atoms with Crippen LogP contribution < -0.4 is 10.6 Å². The number of benzene rings is 1. The van der Waals surface area contributed by atoms with E-state index in [9.17, 15) is 9.59 Å². The van der Waals surface area contributed by atoms with Crippen molar-refractivity contribution in [2.24, 2.45) is 0 Å². The highest BCUT2D eigenvalue weighted by Gasteiger charge is 2.08. The lowest BCUT2D eigenvalue weighted by Gasteiger charge is -2.12. The van der Waals surface area contributed by atoms with Gasteiger partial charge in [-0.1, -0.05) is 37.6 Å². The third-order valence-electron chi connectivity index (χ3n) is 4.07. The molecule has 2 aromatic rings. The van der Waals surface area contributed by atoms with Crippen molar-refractivity contribution < 1.29 is 9.59 Å². The van der Waals surface area contributed by atoms with E-state index in [1.165, 1.54) is 16.9 Å². The molecular weight excluding hydrogens is 346 g/mol. The van der Waals surface area contributed by atoms with Crippen LogP contribution in [0.25, 0.3) is 11.3 Å². The second-order valence-electron chi connectivity index (χ2n) is 6.53. The minimum atomic E-state index is 0.00831. The number of anilines is 1. The molecule has 0 aliphatic heterocycles. The van der Waals surface area contributed by atoms with Crippen LogP contribution >= 0.6 is 11.3 Å².